The Hall–Kier alpha value is -3.52. The van der Waals surface area contributed by atoms with Crippen LogP contribution in [-0.2, 0) is 4.74 Å². The fourth-order valence-electron chi connectivity index (χ4n) is 4.19. The molecule has 2 aromatic heterocycles. The Labute approximate surface area is 184 Å². The van der Waals surface area contributed by atoms with Crippen LogP contribution < -0.4 is 5.32 Å². The number of morpholine rings is 1. The second-order valence-electron chi connectivity index (χ2n) is 8.15. The Morgan fingerprint density at radius 3 is 2.72 bits per heavy atom. The molecule has 2 amide bonds. The minimum Gasteiger partial charge on any atom is -0.378 e. The average molecular weight is 434 g/mol. The zero-order valence-corrected chi connectivity index (χ0v) is 17.7. The molecule has 0 saturated carbocycles. The lowest BCUT2D eigenvalue weighted by Gasteiger charge is -2.27. The van der Waals surface area contributed by atoms with Crippen molar-refractivity contribution in [3.63, 3.8) is 0 Å². The van der Waals surface area contributed by atoms with Gasteiger partial charge in [-0.25, -0.2) is 4.39 Å². The maximum absolute atomic E-state index is 14.8. The number of nitrogens with one attached hydrogen (secondary N) is 2. The molecule has 3 aromatic rings. The molecule has 4 heterocycles. The van der Waals surface area contributed by atoms with Crippen molar-refractivity contribution in [2.75, 3.05) is 32.8 Å². The lowest BCUT2D eigenvalue weighted by Crippen LogP contribution is -2.41. The number of carbonyl (C=O) groups excluding carboxylic acids is 2. The molecule has 2 N–H and O–H groups in total. The predicted molar refractivity (Wildman–Crippen MR) is 117 cm³/mol. The van der Waals surface area contributed by atoms with Crippen LogP contribution in [0.5, 0.6) is 0 Å². The van der Waals surface area contributed by atoms with Gasteiger partial charge in [0.1, 0.15) is 5.82 Å². The van der Waals surface area contributed by atoms with E-state index in [0.717, 1.165) is 17.0 Å². The van der Waals surface area contributed by atoms with E-state index in [2.05, 4.69) is 22.2 Å². The van der Waals surface area contributed by atoms with Crippen LogP contribution in [0, 0.1) is 5.82 Å². The zero-order chi connectivity index (χ0) is 22.2. The highest BCUT2D eigenvalue weighted by Crippen LogP contribution is 2.31. The van der Waals surface area contributed by atoms with Crippen LogP contribution in [-0.4, -0.2) is 59.5 Å². The molecule has 8 heteroatoms. The number of fused-ring (bicyclic) bond motifs is 1. The number of aromatic amines is 1. The summed E-state index contributed by atoms with van der Waals surface area (Å²) in [7, 11) is 0. The number of amides is 2. The molecule has 164 valence electrons. The SMILES string of the molecule is CC1CNC(=O)c2cc(-c3ccnc(-c4ccc(C(=O)N5CCOCC5)c(F)c4)c3)[nH]c21. The number of aromatic nitrogens is 2. The second kappa shape index (κ2) is 8.20. The van der Waals surface area contributed by atoms with Crippen LogP contribution in [0.3, 0.4) is 0 Å². The molecule has 0 spiro atoms. The summed E-state index contributed by atoms with van der Waals surface area (Å²) in [4.78, 5) is 34.2. The van der Waals surface area contributed by atoms with E-state index in [9.17, 15) is 14.0 Å². The van der Waals surface area contributed by atoms with Crippen molar-refractivity contribution < 1.29 is 18.7 Å². The van der Waals surface area contributed by atoms with Gasteiger partial charge in [0.15, 0.2) is 0 Å². The van der Waals surface area contributed by atoms with Crippen LogP contribution in [0.15, 0.2) is 42.6 Å². The first-order valence-electron chi connectivity index (χ1n) is 10.7. The first kappa shape index (κ1) is 20.4. The minimum atomic E-state index is -0.577. The standard InChI is InChI=1S/C24H23FN4O3/c1-14-13-27-23(30)18-12-21(28-22(14)18)16-4-5-26-20(11-16)15-2-3-17(19(25)10-15)24(31)29-6-8-32-9-7-29/h2-5,10-12,14,28H,6-9,13H2,1H3,(H,27,30). The van der Waals surface area contributed by atoms with E-state index in [0.29, 0.717) is 49.7 Å². The molecule has 5 rings (SSSR count). The summed E-state index contributed by atoms with van der Waals surface area (Å²) in [5.74, 6) is -0.795. The van der Waals surface area contributed by atoms with Gasteiger partial charge in [-0.1, -0.05) is 13.0 Å². The monoisotopic (exact) mass is 434 g/mol. The number of rotatable bonds is 3. The van der Waals surface area contributed by atoms with Crippen molar-refractivity contribution in [3.05, 3.63) is 65.2 Å². The number of pyridine rings is 1. The van der Waals surface area contributed by atoms with Crippen LogP contribution in [0.25, 0.3) is 22.5 Å². The number of hydrogen-bond donors (Lipinski definition) is 2. The van der Waals surface area contributed by atoms with Gasteiger partial charge < -0.3 is 19.9 Å². The second-order valence-corrected chi connectivity index (χ2v) is 8.15. The van der Waals surface area contributed by atoms with Crippen molar-refractivity contribution >= 4 is 11.8 Å². The van der Waals surface area contributed by atoms with E-state index in [1.807, 2.05) is 18.2 Å². The van der Waals surface area contributed by atoms with E-state index in [4.69, 9.17) is 4.74 Å². The highest BCUT2D eigenvalue weighted by Gasteiger charge is 2.25. The molecule has 0 aliphatic carbocycles. The molecule has 2 aliphatic rings. The van der Waals surface area contributed by atoms with E-state index >= 15 is 0 Å². The van der Waals surface area contributed by atoms with E-state index < -0.39 is 5.82 Å². The summed E-state index contributed by atoms with van der Waals surface area (Å²) in [5.41, 5.74) is 4.42. The summed E-state index contributed by atoms with van der Waals surface area (Å²) >= 11 is 0. The van der Waals surface area contributed by atoms with Crippen LogP contribution in [0.2, 0.25) is 0 Å². The van der Waals surface area contributed by atoms with Gasteiger partial charge >= 0.3 is 0 Å². The summed E-state index contributed by atoms with van der Waals surface area (Å²) in [6.45, 7) is 4.50. The van der Waals surface area contributed by atoms with E-state index in [-0.39, 0.29) is 23.3 Å². The summed E-state index contributed by atoms with van der Waals surface area (Å²) in [5, 5.41) is 2.88. The van der Waals surface area contributed by atoms with E-state index in [1.165, 1.54) is 12.1 Å². The topological polar surface area (TPSA) is 87.3 Å². The lowest BCUT2D eigenvalue weighted by atomic mass is 9.99. The molecule has 0 radical (unpaired) electrons. The van der Waals surface area contributed by atoms with Crippen LogP contribution in [0.1, 0.15) is 39.3 Å². The Bertz CT molecular complexity index is 1200. The molecule has 1 unspecified atom stereocenters. The third kappa shape index (κ3) is 3.67. The average Bonchev–Trinajstić information content (AvgIpc) is 3.29. The molecular weight excluding hydrogens is 411 g/mol. The van der Waals surface area contributed by atoms with Gasteiger partial charge in [-0.15, -0.1) is 0 Å². The zero-order valence-electron chi connectivity index (χ0n) is 17.7. The first-order valence-corrected chi connectivity index (χ1v) is 10.7. The van der Waals surface area contributed by atoms with Gasteiger partial charge in [-0.2, -0.15) is 0 Å². The van der Waals surface area contributed by atoms with Crippen LogP contribution in [0.4, 0.5) is 4.39 Å². The third-order valence-corrected chi connectivity index (χ3v) is 6.02. The predicted octanol–water partition coefficient (Wildman–Crippen LogP) is 3.20. The molecule has 1 fully saturated rings. The van der Waals surface area contributed by atoms with Crippen molar-refractivity contribution in [1.29, 1.82) is 0 Å². The normalized spacial score (nSPS) is 18.2. The smallest absolute Gasteiger partial charge is 0.256 e. The molecular formula is C24H23FN4O3. The van der Waals surface area contributed by atoms with Crippen molar-refractivity contribution in [3.8, 4) is 22.5 Å². The van der Waals surface area contributed by atoms with E-state index in [1.54, 1.807) is 17.2 Å². The number of H-pyrrole nitrogens is 1. The largest absolute Gasteiger partial charge is 0.378 e. The molecule has 7 nitrogen and oxygen atoms in total. The fourth-order valence-corrected chi connectivity index (χ4v) is 4.19. The number of halogens is 1. The fraction of sp³-hybridized carbons (Fsp3) is 0.292. The molecule has 2 aliphatic heterocycles. The molecule has 1 atom stereocenters. The Morgan fingerprint density at radius 1 is 1.16 bits per heavy atom. The van der Waals surface area contributed by atoms with Gasteiger partial charge in [0.05, 0.1) is 30.0 Å². The van der Waals surface area contributed by atoms with Gasteiger partial charge in [0.25, 0.3) is 11.8 Å². The van der Waals surface area contributed by atoms with Gasteiger partial charge in [-0.3, -0.25) is 14.6 Å². The summed E-state index contributed by atoms with van der Waals surface area (Å²) in [6.07, 6.45) is 1.65. The maximum Gasteiger partial charge on any atom is 0.256 e. The number of carbonyl (C=O) groups is 2. The molecule has 1 saturated heterocycles. The molecule has 0 bridgehead atoms. The number of benzene rings is 1. The highest BCUT2D eigenvalue weighted by atomic mass is 19.1. The van der Waals surface area contributed by atoms with Crippen LogP contribution >= 0.6 is 0 Å². The number of hydrogen-bond acceptors (Lipinski definition) is 4. The Morgan fingerprint density at radius 2 is 1.97 bits per heavy atom. The van der Waals surface area contributed by atoms with Crippen molar-refractivity contribution in [2.24, 2.45) is 0 Å². The highest BCUT2D eigenvalue weighted by molar-refractivity contribution is 5.98. The maximum atomic E-state index is 14.8. The van der Waals surface area contributed by atoms with Crippen molar-refractivity contribution in [2.45, 2.75) is 12.8 Å². The quantitative estimate of drug-likeness (QED) is 0.663. The van der Waals surface area contributed by atoms with Gasteiger partial charge in [0, 0.05) is 54.3 Å². The van der Waals surface area contributed by atoms with Crippen molar-refractivity contribution in [1.82, 2.24) is 20.2 Å². The number of nitrogens with zero attached hydrogens (tertiary/aromatic N) is 2. The summed E-state index contributed by atoms with van der Waals surface area (Å²) in [6, 6.07) is 10.1. The third-order valence-electron chi connectivity index (χ3n) is 6.02. The summed E-state index contributed by atoms with van der Waals surface area (Å²) < 4.78 is 20.1. The molecule has 1 aromatic carbocycles. The lowest BCUT2D eigenvalue weighted by molar-refractivity contribution is 0.0300. The molecule has 32 heavy (non-hydrogen) atoms. The Kier molecular flexibility index (Phi) is 5.22. The Balaban J connectivity index is 1.44. The number of ether oxygens (including phenoxy) is 1. The van der Waals surface area contributed by atoms with Gasteiger partial charge in [0.2, 0.25) is 0 Å². The first-order chi connectivity index (χ1) is 15.5. The minimum absolute atomic E-state index is 0.0452. The van der Waals surface area contributed by atoms with Gasteiger partial charge in [-0.05, 0) is 30.3 Å².